The van der Waals surface area contributed by atoms with Gasteiger partial charge in [0.05, 0.1) is 12.5 Å². The summed E-state index contributed by atoms with van der Waals surface area (Å²) in [5, 5.41) is 0. The van der Waals surface area contributed by atoms with E-state index < -0.39 is 17.3 Å². The van der Waals surface area contributed by atoms with E-state index in [2.05, 4.69) is 4.98 Å². The topological polar surface area (TPSA) is 121 Å². The predicted octanol–water partition coefficient (Wildman–Crippen LogP) is 3.02. The van der Waals surface area contributed by atoms with Crippen molar-refractivity contribution in [2.75, 3.05) is 17.2 Å². The van der Waals surface area contributed by atoms with Crippen LogP contribution in [0.5, 0.6) is 0 Å². The summed E-state index contributed by atoms with van der Waals surface area (Å²) in [7, 11) is 0. The third-order valence-corrected chi connectivity index (χ3v) is 6.09. The molecule has 0 spiro atoms. The van der Waals surface area contributed by atoms with Crippen LogP contribution in [0.4, 0.5) is 11.5 Å². The Kier molecular flexibility index (Phi) is 8.09. The summed E-state index contributed by atoms with van der Waals surface area (Å²) in [5.74, 6) is -0.541. The van der Waals surface area contributed by atoms with Crippen molar-refractivity contribution in [2.45, 2.75) is 65.5 Å². The molecule has 1 aromatic carbocycles. The van der Waals surface area contributed by atoms with E-state index in [4.69, 9.17) is 5.73 Å². The van der Waals surface area contributed by atoms with Crippen LogP contribution < -0.4 is 21.9 Å². The summed E-state index contributed by atoms with van der Waals surface area (Å²) in [6.45, 7) is 6.05. The van der Waals surface area contributed by atoms with Crippen LogP contribution in [0.2, 0.25) is 0 Å². The number of fused-ring (bicyclic) bond motifs is 1. The number of nitrogen functional groups attached to an aromatic ring is 1. The molecule has 2 heterocycles. The fourth-order valence-electron chi connectivity index (χ4n) is 4.24. The Balaban J connectivity index is 2.03. The van der Waals surface area contributed by atoms with Gasteiger partial charge in [0.25, 0.3) is 5.56 Å². The molecule has 0 fully saturated rings. The van der Waals surface area contributed by atoms with Crippen LogP contribution >= 0.6 is 0 Å². The van der Waals surface area contributed by atoms with Gasteiger partial charge in [0.2, 0.25) is 11.8 Å². The van der Waals surface area contributed by atoms with E-state index in [1.54, 1.807) is 6.20 Å². The number of carbonyl (C=O) groups is 2. The number of nitrogens with one attached hydrogen (secondary N) is 1. The number of hydrogen-bond acceptors (Lipinski definition) is 5. The molecule has 1 atom stereocenters. The minimum absolute atomic E-state index is 0.0110. The van der Waals surface area contributed by atoms with Gasteiger partial charge < -0.3 is 15.5 Å². The minimum atomic E-state index is -0.688. The van der Waals surface area contributed by atoms with E-state index in [1.165, 1.54) is 21.3 Å². The molecule has 0 bridgehead atoms. The lowest BCUT2D eigenvalue weighted by molar-refractivity contribution is -0.129. The van der Waals surface area contributed by atoms with E-state index in [0.717, 1.165) is 24.0 Å². The Morgan fingerprint density at radius 1 is 1.12 bits per heavy atom. The lowest BCUT2D eigenvalue weighted by atomic mass is 9.93. The highest BCUT2D eigenvalue weighted by molar-refractivity contribution is 5.96. The number of amides is 2. The zero-order valence-electron chi connectivity index (χ0n) is 20.0. The van der Waals surface area contributed by atoms with Gasteiger partial charge in [0.1, 0.15) is 5.82 Å². The Morgan fingerprint density at radius 3 is 2.50 bits per heavy atom. The number of nitrogens with zero attached hydrogens (tertiary/aromatic N) is 3. The predicted molar refractivity (Wildman–Crippen MR) is 133 cm³/mol. The first kappa shape index (κ1) is 25.0. The second-order valence-electron chi connectivity index (χ2n) is 8.49. The number of H-pyrrole nitrogens is 1. The molecule has 0 saturated carbocycles. The first-order valence-electron chi connectivity index (χ1n) is 11.8. The van der Waals surface area contributed by atoms with Gasteiger partial charge in [-0.2, -0.15) is 0 Å². The van der Waals surface area contributed by atoms with Crippen molar-refractivity contribution < 1.29 is 9.59 Å². The number of rotatable bonds is 9. The molecular formula is C25H33N5O4. The van der Waals surface area contributed by atoms with Crippen LogP contribution in [-0.2, 0) is 16.1 Å². The average Bonchev–Trinajstić information content (AvgIpc) is 2.80. The minimum Gasteiger partial charge on any atom is -0.383 e. The molecule has 3 N–H and O–H groups in total. The molecule has 2 amide bonds. The highest BCUT2D eigenvalue weighted by Crippen LogP contribution is 2.34. The normalized spacial score (nSPS) is 14.7. The van der Waals surface area contributed by atoms with Crippen molar-refractivity contribution in [2.24, 2.45) is 0 Å². The van der Waals surface area contributed by atoms with Crippen molar-refractivity contribution >= 4 is 29.4 Å². The molecule has 9 nitrogen and oxygen atoms in total. The molecule has 1 aliphatic heterocycles. The number of aromatic amines is 1. The second kappa shape index (κ2) is 11.0. The number of nitrogens with two attached hydrogens (primary N) is 1. The molecule has 2 aromatic rings. The van der Waals surface area contributed by atoms with Crippen molar-refractivity contribution in [3.05, 3.63) is 62.4 Å². The molecule has 0 saturated heterocycles. The summed E-state index contributed by atoms with van der Waals surface area (Å²) < 4.78 is 1.31. The third kappa shape index (κ3) is 5.13. The van der Waals surface area contributed by atoms with Crippen LogP contribution in [0, 0.1) is 0 Å². The van der Waals surface area contributed by atoms with Crippen molar-refractivity contribution in [3.8, 4) is 0 Å². The number of benzene rings is 1. The van der Waals surface area contributed by atoms with Crippen molar-refractivity contribution in [1.29, 1.82) is 0 Å². The maximum atomic E-state index is 13.7. The molecular weight excluding hydrogens is 434 g/mol. The fourth-order valence-corrected chi connectivity index (χ4v) is 4.24. The first-order valence-corrected chi connectivity index (χ1v) is 11.8. The smallest absolute Gasteiger partial charge is 0.330 e. The first-order chi connectivity index (χ1) is 16.3. The summed E-state index contributed by atoms with van der Waals surface area (Å²) in [6, 6.07) is 7.09. The summed E-state index contributed by atoms with van der Waals surface area (Å²) in [6.07, 6.45) is 6.50. The van der Waals surface area contributed by atoms with E-state index in [9.17, 15) is 19.2 Å². The molecule has 182 valence electrons. The van der Waals surface area contributed by atoms with E-state index in [1.807, 2.05) is 44.2 Å². The van der Waals surface area contributed by atoms with Gasteiger partial charge in [-0.3, -0.25) is 23.9 Å². The van der Waals surface area contributed by atoms with Gasteiger partial charge in [-0.25, -0.2) is 4.79 Å². The average molecular weight is 468 g/mol. The van der Waals surface area contributed by atoms with E-state index >= 15 is 0 Å². The van der Waals surface area contributed by atoms with Crippen molar-refractivity contribution in [1.82, 2.24) is 14.5 Å². The molecule has 0 unspecified atom stereocenters. The standard InChI is InChI=1S/C25H33N5O4/c1-4-6-13-29(22-23(26)30(14-7-5-2)25(34)27-24(22)33)21(32)16-20-19-11-9-8-10-18(19)12-15-28(20)17(3)31/h8-12,15,20H,4-7,13-14,16,26H2,1-3H3,(H,27,33,34)/t20-/m1/s1. The van der Waals surface area contributed by atoms with Gasteiger partial charge in [0, 0.05) is 26.2 Å². The lowest BCUT2D eigenvalue weighted by Gasteiger charge is -2.34. The summed E-state index contributed by atoms with van der Waals surface area (Å²) in [4.78, 5) is 56.5. The molecule has 0 radical (unpaired) electrons. The molecule has 9 heteroatoms. The van der Waals surface area contributed by atoms with Gasteiger partial charge in [-0.15, -0.1) is 0 Å². The zero-order chi connectivity index (χ0) is 24.8. The van der Waals surface area contributed by atoms with Gasteiger partial charge in [-0.05, 0) is 30.0 Å². The monoisotopic (exact) mass is 467 g/mol. The van der Waals surface area contributed by atoms with Crippen LogP contribution in [0.1, 0.15) is 70.0 Å². The summed E-state index contributed by atoms with van der Waals surface area (Å²) in [5.41, 5.74) is 6.80. The van der Waals surface area contributed by atoms with Crippen molar-refractivity contribution in [3.63, 3.8) is 0 Å². The Hall–Kier alpha value is -3.62. The second-order valence-corrected chi connectivity index (χ2v) is 8.49. The molecule has 1 aliphatic rings. The molecule has 1 aromatic heterocycles. The number of unbranched alkanes of at least 4 members (excludes halogenated alkanes) is 2. The Bertz CT molecular complexity index is 1200. The van der Waals surface area contributed by atoms with Gasteiger partial charge in [0.15, 0.2) is 5.69 Å². The Labute approximate surface area is 198 Å². The maximum Gasteiger partial charge on any atom is 0.330 e. The zero-order valence-corrected chi connectivity index (χ0v) is 20.0. The number of aromatic nitrogens is 2. The highest BCUT2D eigenvalue weighted by atomic mass is 16.2. The van der Waals surface area contributed by atoms with Crippen LogP contribution in [0.15, 0.2) is 40.1 Å². The number of hydrogen-bond donors (Lipinski definition) is 2. The van der Waals surface area contributed by atoms with Gasteiger partial charge >= 0.3 is 5.69 Å². The lowest BCUT2D eigenvalue weighted by Crippen LogP contribution is -2.43. The largest absolute Gasteiger partial charge is 0.383 e. The maximum absolute atomic E-state index is 13.7. The fraction of sp³-hybridized carbons (Fsp3) is 0.440. The van der Waals surface area contributed by atoms with Crippen LogP contribution in [0.25, 0.3) is 6.08 Å². The van der Waals surface area contributed by atoms with E-state index in [0.29, 0.717) is 19.4 Å². The highest BCUT2D eigenvalue weighted by Gasteiger charge is 2.32. The number of anilines is 2. The molecule has 3 rings (SSSR count). The third-order valence-electron chi connectivity index (χ3n) is 6.09. The van der Waals surface area contributed by atoms with Gasteiger partial charge in [-0.1, -0.05) is 51.0 Å². The SMILES string of the molecule is CCCCN(C(=O)C[C@@H]1c2ccccc2C=CN1C(C)=O)c1c(N)n(CCCC)c(=O)[nH]c1=O. The Morgan fingerprint density at radius 2 is 1.82 bits per heavy atom. The van der Waals surface area contributed by atoms with E-state index in [-0.39, 0.29) is 36.3 Å². The quantitative estimate of drug-likeness (QED) is 0.587. The number of carbonyl (C=O) groups excluding carboxylic acids is 2. The van der Waals surface area contributed by atoms with Crippen LogP contribution in [0.3, 0.4) is 0 Å². The summed E-state index contributed by atoms with van der Waals surface area (Å²) >= 11 is 0. The van der Waals surface area contributed by atoms with Crippen LogP contribution in [-0.4, -0.2) is 32.8 Å². The molecule has 34 heavy (non-hydrogen) atoms. The molecule has 0 aliphatic carbocycles.